The molecule has 420 valence electrons. The maximum atomic E-state index is 14.3. The van der Waals surface area contributed by atoms with E-state index in [0.717, 1.165) is 24.2 Å². The number of nitrogens with zero attached hydrogens (tertiary/aromatic N) is 1. The van der Waals surface area contributed by atoms with Crippen LogP contribution in [-0.2, 0) is 52.2 Å². The summed E-state index contributed by atoms with van der Waals surface area (Å²) >= 11 is 1.16. The summed E-state index contributed by atoms with van der Waals surface area (Å²) in [6.45, 7) is 14.3. The van der Waals surface area contributed by atoms with E-state index < -0.39 is 140 Å². The summed E-state index contributed by atoms with van der Waals surface area (Å²) in [7, 11) is 6.46. The number of likely N-dealkylation sites (N-methyl/N-ethyl adjacent to an activating group) is 1. The normalized spacial score (nSPS) is 42.3. The number of carbonyl (C=O) groups excluding carboxylic acids is 3. The number of hydrogen-bond acceptors (Lipinski definition) is 20. The molecule has 0 bridgehead atoms. The van der Waals surface area contributed by atoms with Crippen molar-refractivity contribution in [3.8, 4) is 0 Å². The zero-order valence-electron chi connectivity index (χ0n) is 45.2. The summed E-state index contributed by atoms with van der Waals surface area (Å²) in [6.07, 6.45) is -7.59. The molecule has 3 saturated heterocycles. The predicted octanol–water partition coefficient (Wildman–Crippen LogP) is 3.20. The number of allylic oxidation sites excluding steroid dienone is 3. The Balaban J connectivity index is 1.34. The number of thiophene rings is 1. The Labute approximate surface area is 440 Å². The van der Waals surface area contributed by atoms with Gasteiger partial charge in [-0.15, -0.1) is 11.3 Å². The highest BCUT2D eigenvalue weighted by atomic mass is 32.1. The fraction of sp³-hybridized carbons (Fsp3) is 0.792. The molecule has 21 atom stereocenters. The Morgan fingerprint density at radius 3 is 2.20 bits per heavy atom. The minimum atomic E-state index is -1.51. The van der Waals surface area contributed by atoms with Gasteiger partial charge in [0.15, 0.2) is 24.7 Å². The Morgan fingerprint density at radius 1 is 0.905 bits per heavy atom. The number of nitrogens with one attached hydrogen (secondary N) is 1. The van der Waals surface area contributed by atoms with Crippen LogP contribution in [0.4, 0.5) is 5.00 Å². The summed E-state index contributed by atoms with van der Waals surface area (Å²) < 4.78 is 55.7. The van der Waals surface area contributed by atoms with E-state index in [0.29, 0.717) is 29.3 Å². The molecule has 1 aliphatic carbocycles. The number of ether oxygens (including phenoxy) is 9. The molecular weight excluding hydrogens is 983 g/mol. The van der Waals surface area contributed by atoms with Crippen LogP contribution in [0.5, 0.6) is 0 Å². The molecule has 8 N–H and O–H groups in total. The number of aliphatic hydroxyl groups is 5. The van der Waals surface area contributed by atoms with Gasteiger partial charge in [-0.05, 0) is 92.5 Å². The van der Waals surface area contributed by atoms with E-state index in [1.165, 1.54) is 27.2 Å². The maximum Gasteiger partial charge on any atom is 0.308 e. The molecule has 4 fully saturated rings. The summed E-state index contributed by atoms with van der Waals surface area (Å²) in [6, 6.07) is 0.906. The Hall–Kier alpha value is -2.97. The van der Waals surface area contributed by atoms with Crippen LogP contribution in [0.1, 0.15) is 115 Å². The van der Waals surface area contributed by atoms with Gasteiger partial charge >= 0.3 is 5.97 Å². The van der Waals surface area contributed by atoms with Gasteiger partial charge in [-0.3, -0.25) is 14.4 Å². The summed E-state index contributed by atoms with van der Waals surface area (Å²) in [5.41, 5.74) is 6.04. The van der Waals surface area contributed by atoms with Crippen LogP contribution >= 0.6 is 11.3 Å². The molecule has 20 nitrogen and oxygen atoms in total. The predicted molar refractivity (Wildman–Crippen MR) is 273 cm³/mol. The number of nitrogens with two attached hydrogens (primary N) is 1. The lowest BCUT2D eigenvalue weighted by atomic mass is 9.80. The second kappa shape index (κ2) is 26.1. The average Bonchev–Trinajstić information content (AvgIpc) is 4.10. The van der Waals surface area contributed by atoms with Crippen LogP contribution in [0.15, 0.2) is 29.9 Å². The Morgan fingerprint density at radius 2 is 1.58 bits per heavy atom. The summed E-state index contributed by atoms with van der Waals surface area (Å²) in [5.74, 6) is -3.79. The highest BCUT2D eigenvalue weighted by molar-refractivity contribution is 7.16. The van der Waals surface area contributed by atoms with E-state index in [-0.39, 0.29) is 41.7 Å². The molecule has 1 saturated carbocycles. The smallest absolute Gasteiger partial charge is 0.308 e. The topological polar surface area (TPSA) is 277 Å². The molecule has 0 unspecified atom stereocenters. The number of nitrogen functional groups attached to an aromatic ring is 1. The van der Waals surface area contributed by atoms with Gasteiger partial charge in [0.25, 0.3) is 5.91 Å². The van der Waals surface area contributed by atoms with Gasteiger partial charge < -0.3 is 84.1 Å². The number of cyclic esters (lactones) is 1. The van der Waals surface area contributed by atoms with Crippen LogP contribution < -0.4 is 11.1 Å². The van der Waals surface area contributed by atoms with E-state index in [1.54, 1.807) is 65.8 Å². The largest absolute Gasteiger partial charge is 0.462 e. The van der Waals surface area contributed by atoms with Crippen molar-refractivity contribution in [3.63, 3.8) is 0 Å². The second-order valence-electron chi connectivity index (χ2n) is 21.8. The third-order valence-corrected chi connectivity index (χ3v) is 16.6. The van der Waals surface area contributed by atoms with E-state index >= 15 is 0 Å². The monoisotopic (exact) mass is 1070 g/mol. The number of rotatable bonds is 15. The van der Waals surface area contributed by atoms with Gasteiger partial charge in [0.1, 0.15) is 42.7 Å². The van der Waals surface area contributed by atoms with Crippen LogP contribution in [0.2, 0.25) is 0 Å². The van der Waals surface area contributed by atoms with Crippen molar-refractivity contribution in [3.05, 3.63) is 40.3 Å². The first kappa shape index (κ1) is 60.3. The number of esters is 1. The molecule has 0 radical (unpaired) electrons. The van der Waals surface area contributed by atoms with Crippen molar-refractivity contribution >= 4 is 34.0 Å². The first-order valence-electron chi connectivity index (χ1n) is 26.2. The third-order valence-electron chi connectivity index (χ3n) is 15.5. The molecule has 4 aliphatic heterocycles. The van der Waals surface area contributed by atoms with E-state index in [4.69, 9.17) is 48.4 Å². The molecule has 6 rings (SSSR count). The van der Waals surface area contributed by atoms with Gasteiger partial charge in [-0.1, -0.05) is 38.5 Å². The number of aliphatic hydroxyl groups excluding tert-OH is 4. The molecule has 21 heteroatoms. The molecule has 0 spiro atoms. The lowest BCUT2D eigenvalue weighted by Gasteiger charge is -2.50. The number of amides is 1. The first-order chi connectivity index (χ1) is 34.9. The van der Waals surface area contributed by atoms with Gasteiger partial charge in [-0.2, -0.15) is 0 Å². The number of carbonyl (C=O) groups is 3. The van der Waals surface area contributed by atoms with Crippen molar-refractivity contribution in [2.45, 2.75) is 204 Å². The minimum absolute atomic E-state index is 0.0229. The van der Waals surface area contributed by atoms with Crippen LogP contribution in [0, 0.1) is 23.7 Å². The fourth-order valence-electron chi connectivity index (χ4n) is 10.7. The van der Waals surface area contributed by atoms with Crippen molar-refractivity contribution < 1.29 is 82.5 Å². The number of methoxy groups -OCH3 is 2. The first-order valence-corrected chi connectivity index (χ1v) is 27.0. The fourth-order valence-corrected chi connectivity index (χ4v) is 11.8. The quantitative estimate of drug-likeness (QED) is 0.124. The minimum Gasteiger partial charge on any atom is -0.462 e. The second-order valence-corrected chi connectivity index (χ2v) is 22.9. The lowest BCUT2D eigenvalue weighted by molar-refractivity contribution is -0.340. The number of anilines is 1. The standard InChI is InChI=1S/C53H85N3O17S/c1-13-37-32(24-67-52-47(66-12)46(65-11)42(60)28(5)69-52)18-25(2)14-17-35(57)26(3)19-33(38-20-34(49(54)74-38)50(63)55-23-31-15-16-31)44(27(4)36(58)21-39(59)71-37)73-51-43(61)41(56(9)10)45(29(6)70-51)72-40-22-53(8,64)48(62)30(7)68-40/h14,17-18,20,26-33,36-37,40-48,51-52,58,60-62,64H,13,15-16,19,21-24,54H2,1-12H3,(H,55,63)/b17-14+,25-18+/t26-,27+,28-,29-,30+,32-,33-,36-,37-,40+,41-,42-,43-,44-,45-,46-,47-,48+,51+,52-,53-/m1/s1. The van der Waals surface area contributed by atoms with E-state index in [1.807, 2.05) is 19.9 Å². The lowest BCUT2D eigenvalue weighted by Crippen LogP contribution is -2.65. The third kappa shape index (κ3) is 14.6. The molecule has 1 aromatic heterocycles. The summed E-state index contributed by atoms with van der Waals surface area (Å²) in [4.78, 5) is 44.4. The van der Waals surface area contributed by atoms with E-state index in [9.17, 15) is 39.9 Å². The van der Waals surface area contributed by atoms with Crippen molar-refractivity contribution in [1.29, 1.82) is 0 Å². The van der Waals surface area contributed by atoms with E-state index in [2.05, 4.69) is 5.32 Å². The van der Waals surface area contributed by atoms with Crippen LogP contribution in [0.3, 0.4) is 0 Å². The van der Waals surface area contributed by atoms with Gasteiger partial charge in [-0.25, -0.2) is 0 Å². The molecule has 5 heterocycles. The molecule has 1 amide bonds. The number of ketones is 1. The average molecular weight is 1070 g/mol. The zero-order valence-corrected chi connectivity index (χ0v) is 46.0. The molecular formula is C53H85N3O17S. The van der Waals surface area contributed by atoms with Gasteiger partial charge in [0.05, 0.1) is 65.8 Å². The van der Waals surface area contributed by atoms with Crippen LogP contribution in [-0.4, -0.2) is 193 Å². The molecule has 5 aliphatic rings. The van der Waals surface area contributed by atoms with Gasteiger partial charge in [0.2, 0.25) is 0 Å². The highest BCUT2D eigenvalue weighted by Gasteiger charge is 2.52. The Bertz CT molecular complexity index is 2080. The van der Waals surface area contributed by atoms with Crippen LogP contribution in [0.25, 0.3) is 0 Å². The summed E-state index contributed by atoms with van der Waals surface area (Å²) in [5, 5.41) is 60.2. The van der Waals surface area contributed by atoms with Gasteiger partial charge in [0, 0.05) is 55.7 Å². The van der Waals surface area contributed by atoms with Crippen molar-refractivity contribution in [2.24, 2.45) is 23.7 Å². The zero-order chi connectivity index (χ0) is 54.5. The van der Waals surface area contributed by atoms with Crippen molar-refractivity contribution in [1.82, 2.24) is 10.2 Å². The SMILES string of the molecule is CC[C@H]1OC(=O)C[C@@H](O)[C@H](C)[C@@H](O[C@@H]2O[C@H](C)[C@@H](O[C@H]3C[C@@](C)(O)[C@@H](O)[C@H](C)O3)[C@H](N(C)C)[C@H]2O)[C@@H](c2cc(C(=O)NCC3CC3)c(N)s2)C[C@@H](C)C(=O)/C=C/C(C)=C/[C@@H]1CO[C@@H]1O[C@H](C)[C@@H](O)[C@@H](OC)[C@H]1OC. The highest BCUT2D eigenvalue weighted by Crippen LogP contribution is 2.43. The van der Waals surface area contributed by atoms with Crippen molar-refractivity contribution in [2.75, 3.05) is 47.2 Å². The maximum absolute atomic E-state index is 14.3. The number of hydrogen-bond donors (Lipinski definition) is 7. The molecule has 74 heavy (non-hydrogen) atoms. The molecule has 1 aromatic rings. The Kier molecular flexibility index (Phi) is 21.3. The molecule has 0 aromatic carbocycles.